The molecule has 0 aliphatic rings. The average molecular weight is 438 g/mol. The summed E-state index contributed by atoms with van der Waals surface area (Å²) < 4.78 is 11.5. The molecular weight excluding hydrogens is 422 g/mol. The molecule has 26 heavy (non-hydrogen) atoms. The highest BCUT2D eigenvalue weighted by atomic mass is 79.9. The van der Waals surface area contributed by atoms with Crippen LogP contribution in [0.15, 0.2) is 26.7 Å². The average Bonchev–Trinajstić information content (AvgIpc) is 3.15. The second-order valence-corrected chi connectivity index (χ2v) is 8.09. The van der Waals surface area contributed by atoms with Gasteiger partial charge < -0.3 is 9.15 Å². The van der Waals surface area contributed by atoms with Gasteiger partial charge in [0.1, 0.15) is 10.2 Å². The zero-order chi connectivity index (χ0) is 18.9. The highest BCUT2D eigenvalue weighted by Gasteiger charge is 2.22. The highest BCUT2D eigenvalue weighted by molar-refractivity contribution is 9.10. The van der Waals surface area contributed by atoms with Crippen molar-refractivity contribution in [3.05, 3.63) is 27.8 Å². The van der Waals surface area contributed by atoms with Gasteiger partial charge in [-0.05, 0) is 60.6 Å². The summed E-state index contributed by atoms with van der Waals surface area (Å²) in [6.07, 6.45) is 0.806. The Morgan fingerprint density at radius 1 is 1.31 bits per heavy atom. The van der Waals surface area contributed by atoms with E-state index in [4.69, 9.17) is 9.15 Å². The number of ether oxygens (including phenoxy) is 1. The molecule has 136 valence electrons. The van der Waals surface area contributed by atoms with E-state index in [9.17, 15) is 4.79 Å². The second kappa shape index (κ2) is 7.12. The number of hydrogen-bond acceptors (Lipinski definition) is 8. The lowest BCUT2D eigenvalue weighted by molar-refractivity contribution is 0.0635. The van der Waals surface area contributed by atoms with Crippen molar-refractivity contribution in [2.75, 3.05) is 5.32 Å². The molecule has 0 unspecified atom stereocenters. The number of amides is 1. The van der Waals surface area contributed by atoms with Crippen LogP contribution in [0.5, 0.6) is 0 Å². The summed E-state index contributed by atoms with van der Waals surface area (Å²) in [5.41, 5.74) is 0.650. The van der Waals surface area contributed by atoms with E-state index in [1.54, 1.807) is 20.8 Å². The molecule has 0 saturated carbocycles. The van der Waals surface area contributed by atoms with Gasteiger partial charge in [0.15, 0.2) is 11.5 Å². The number of anilines is 1. The molecule has 3 aromatic rings. The molecule has 0 aliphatic carbocycles. The maximum absolute atomic E-state index is 12.1. The lowest BCUT2D eigenvalue weighted by Crippen LogP contribution is -2.27. The molecule has 0 bridgehead atoms. The van der Waals surface area contributed by atoms with E-state index < -0.39 is 11.7 Å². The Morgan fingerprint density at radius 3 is 2.69 bits per heavy atom. The van der Waals surface area contributed by atoms with Gasteiger partial charge in [-0.3, -0.25) is 5.32 Å². The Bertz CT molecular complexity index is 948. The molecule has 0 aliphatic heterocycles. The number of aromatic nitrogens is 4. The van der Waals surface area contributed by atoms with Gasteiger partial charge in [-0.15, -0.1) is 21.5 Å². The van der Waals surface area contributed by atoms with Crippen LogP contribution in [-0.4, -0.2) is 31.9 Å². The number of carbonyl (C=O) groups is 1. The fourth-order valence-corrected chi connectivity index (χ4v) is 3.14. The zero-order valence-corrected chi connectivity index (χ0v) is 16.9. The summed E-state index contributed by atoms with van der Waals surface area (Å²) in [5.74, 6) is 0.700. The van der Waals surface area contributed by atoms with E-state index in [1.807, 2.05) is 18.4 Å². The molecule has 0 atom stereocenters. The van der Waals surface area contributed by atoms with Crippen LogP contribution in [0, 0.1) is 6.92 Å². The van der Waals surface area contributed by atoms with Crippen LogP contribution in [0.25, 0.3) is 22.4 Å². The van der Waals surface area contributed by atoms with Crippen molar-refractivity contribution in [2.45, 2.75) is 33.3 Å². The van der Waals surface area contributed by atoms with Gasteiger partial charge in [0, 0.05) is 0 Å². The number of aryl methyl sites for hydroxylation is 1. The quantitative estimate of drug-likeness (QED) is 0.634. The fraction of sp³-hybridized carbons (Fsp3) is 0.312. The molecule has 0 saturated heterocycles. The number of carbonyl (C=O) groups excluding carboxylic acids is 1. The molecule has 3 rings (SSSR count). The summed E-state index contributed by atoms with van der Waals surface area (Å²) in [6.45, 7) is 7.28. The van der Waals surface area contributed by atoms with Crippen LogP contribution < -0.4 is 5.32 Å². The minimum Gasteiger partial charge on any atom is -0.444 e. The third-order valence-corrected chi connectivity index (χ3v) is 4.43. The number of thiophene rings is 1. The summed E-state index contributed by atoms with van der Waals surface area (Å²) in [4.78, 5) is 21.4. The molecule has 3 heterocycles. The summed E-state index contributed by atoms with van der Waals surface area (Å²) in [5, 5.41) is 12.6. The van der Waals surface area contributed by atoms with Crippen molar-refractivity contribution in [1.29, 1.82) is 0 Å². The molecule has 0 radical (unpaired) electrons. The summed E-state index contributed by atoms with van der Waals surface area (Å²) in [6, 6.07) is 1.97. The number of rotatable bonds is 3. The number of nitrogens with one attached hydrogen (secondary N) is 1. The SMILES string of the molecule is Cc1ccsc1-c1nnc(-c2nc(Br)cnc2NC(=O)OC(C)(C)C)o1. The standard InChI is InChI=1S/C16H16BrN5O3S/c1-8-5-6-26-11(8)14-22-21-13(24-14)10-12(18-7-9(17)19-10)20-15(23)25-16(2,3)4/h5-7H,1-4H3,(H,18,20,23). The van der Waals surface area contributed by atoms with Crippen molar-refractivity contribution in [3.8, 4) is 22.4 Å². The third-order valence-electron chi connectivity index (χ3n) is 3.05. The van der Waals surface area contributed by atoms with Gasteiger partial charge in [0.05, 0.1) is 11.1 Å². The minimum absolute atomic E-state index is 0.146. The monoisotopic (exact) mass is 437 g/mol. The lowest BCUT2D eigenvalue weighted by Gasteiger charge is -2.19. The molecule has 1 amide bonds. The maximum Gasteiger partial charge on any atom is 0.413 e. The van der Waals surface area contributed by atoms with E-state index in [2.05, 4.69) is 41.4 Å². The highest BCUT2D eigenvalue weighted by Crippen LogP contribution is 2.32. The van der Waals surface area contributed by atoms with Crippen molar-refractivity contribution >= 4 is 39.2 Å². The Morgan fingerprint density at radius 2 is 2.04 bits per heavy atom. The van der Waals surface area contributed by atoms with E-state index in [1.165, 1.54) is 17.5 Å². The van der Waals surface area contributed by atoms with Gasteiger partial charge in [-0.1, -0.05) is 0 Å². The Labute approximate surface area is 162 Å². The predicted octanol–water partition coefficient (Wildman–Crippen LogP) is 4.67. The zero-order valence-electron chi connectivity index (χ0n) is 14.5. The first-order valence-electron chi connectivity index (χ1n) is 7.64. The van der Waals surface area contributed by atoms with Crippen molar-refractivity contribution in [3.63, 3.8) is 0 Å². The predicted molar refractivity (Wildman–Crippen MR) is 101 cm³/mol. The van der Waals surface area contributed by atoms with Crippen LogP contribution in [0.3, 0.4) is 0 Å². The molecule has 3 aromatic heterocycles. The second-order valence-electron chi connectivity index (χ2n) is 6.36. The smallest absolute Gasteiger partial charge is 0.413 e. The van der Waals surface area contributed by atoms with Crippen molar-refractivity contribution in [1.82, 2.24) is 20.2 Å². The molecule has 0 aromatic carbocycles. The Hall–Kier alpha value is -2.33. The van der Waals surface area contributed by atoms with Crippen LogP contribution >= 0.6 is 27.3 Å². The van der Waals surface area contributed by atoms with Gasteiger partial charge in [-0.25, -0.2) is 14.8 Å². The minimum atomic E-state index is -0.649. The molecular formula is C16H16BrN5O3S. The Kier molecular flexibility index (Phi) is 5.05. The van der Waals surface area contributed by atoms with Crippen molar-refractivity contribution < 1.29 is 13.9 Å². The molecule has 8 nitrogen and oxygen atoms in total. The number of nitrogens with zero attached hydrogens (tertiary/aromatic N) is 4. The molecule has 0 fully saturated rings. The molecule has 0 spiro atoms. The van der Waals surface area contributed by atoms with Crippen LogP contribution in [0.1, 0.15) is 26.3 Å². The molecule has 10 heteroatoms. The first kappa shape index (κ1) is 18.5. The van der Waals surface area contributed by atoms with E-state index in [-0.39, 0.29) is 17.4 Å². The largest absolute Gasteiger partial charge is 0.444 e. The number of hydrogen-bond donors (Lipinski definition) is 1. The first-order chi connectivity index (χ1) is 12.2. The topological polar surface area (TPSA) is 103 Å². The van der Waals surface area contributed by atoms with E-state index >= 15 is 0 Å². The fourth-order valence-electron chi connectivity index (χ4n) is 2.01. The van der Waals surface area contributed by atoms with E-state index in [0.717, 1.165) is 10.4 Å². The van der Waals surface area contributed by atoms with Crippen LogP contribution in [0.2, 0.25) is 0 Å². The Balaban J connectivity index is 1.93. The van der Waals surface area contributed by atoms with Gasteiger partial charge in [-0.2, -0.15) is 0 Å². The summed E-state index contributed by atoms with van der Waals surface area (Å²) >= 11 is 4.76. The molecule has 1 N–H and O–H groups in total. The van der Waals surface area contributed by atoms with Gasteiger partial charge >= 0.3 is 6.09 Å². The third kappa shape index (κ3) is 4.25. The van der Waals surface area contributed by atoms with Gasteiger partial charge in [0.25, 0.3) is 11.8 Å². The lowest BCUT2D eigenvalue weighted by atomic mass is 10.2. The van der Waals surface area contributed by atoms with E-state index in [0.29, 0.717) is 10.5 Å². The van der Waals surface area contributed by atoms with Crippen molar-refractivity contribution in [2.24, 2.45) is 0 Å². The maximum atomic E-state index is 12.1. The first-order valence-corrected chi connectivity index (χ1v) is 9.31. The normalized spacial score (nSPS) is 11.4. The number of halogens is 1. The van der Waals surface area contributed by atoms with Gasteiger partial charge in [0.2, 0.25) is 0 Å². The van der Waals surface area contributed by atoms with Crippen LogP contribution in [0.4, 0.5) is 10.6 Å². The van der Waals surface area contributed by atoms with Crippen LogP contribution in [-0.2, 0) is 4.74 Å². The summed E-state index contributed by atoms with van der Waals surface area (Å²) in [7, 11) is 0.